The number of hydrogen-bond donors (Lipinski definition) is 2. The van der Waals surface area contributed by atoms with E-state index in [0.717, 1.165) is 0 Å². The van der Waals surface area contributed by atoms with E-state index >= 15 is 0 Å². The number of para-hydroxylation sites is 2. The Labute approximate surface area is 97.5 Å². The summed E-state index contributed by atoms with van der Waals surface area (Å²) in [6, 6.07) is 11.8. The van der Waals surface area contributed by atoms with Gasteiger partial charge in [0.15, 0.2) is 5.75 Å². The molecule has 2 aromatic rings. The van der Waals surface area contributed by atoms with Gasteiger partial charge in [-0.1, -0.05) is 18.2 Å². The number of carbonyl (C=O) groups excluding carboxylic acids is 1. The lowest BCUT2D eigenvalue weighted by molar-refractivity contribution is 0.102. The molecule has 0 atom stereocenters. The SMILES string of the molecule is O=C1Nc2c(O)cccc2Oc2ccccc21. The summed E-state index contributed by atoms with van der Waals surface area (Å²) in [6.45, 7) is 0. The first kappa shape index (κ1) is 9.72. The van der Waals surface area contributed by atoms with Crippen LogP contribution in [0.4, 0.5) is 5.69 Å². The summed E-state index contributed by atoms with van der Waals surface area (Å²) >= 11 is 0. The maximum Gasteiger partial charge on any atom is 0.259 e. The van der Waals surface area contributed by atoms with E-state index in [9.17, 15) is 9.90 Å². The number of anilines is 1. The Balaban J connectivity index is 2.20. The number of amides is 1. The Morgan fingerprint density at radius 3 is 2.65 bits per heavy atom. The van der Waals surface area contributed by atoms with Gasteiger partial charge in [0.2, 0.25) is 0 Å². The van der Waals surface area contributed by atoms with Crippen LogP contribution in [-0.4, -0.2) is 11.0 Å². The van der Waals surface area contributed by atoms with E-state index in [0.29, 0.717) is 22.7 Å². The maximum absolute atomic E-state index is 11.9. The molecule has 84 valence electrons. The third-order valence-corrected chi connectivity index (χ3v) is 2.59. The molecule has 0 aromatic heterocycles. The van der Waals surface area contributed by atoms with E-state index in [1.165, 1.54) is 6.07 Å². The first-order chi connectivity index (χ1) is 8.25. The van der Waals surface area contributed by atoms with Crippen LogP contribution in [0.15, 0.2) is 42.5 Å². The first-order valence-corrected chi connectivity index (χ1v) is 5.16. The lowest BCUT2D eigenvalue weighted by Gasteiger charge is -2.08. The number of nitrogens with one attached hydrogen (secondary N) is 1. The first-order valence-electron chi connectivity index (χ1n) is 5.16. The Hall–Kier alpha value is -2.49. The second kappa shape index (κ2) is 3.52. The average molecular weight is 227 g/mol. The molecular weight excluding hydrogens is 218 g/mol. The van der Waals surface area contributed by atoms with Crippen molar-refractivity contribution in [2.45, 2.75) is 0 Å². The fourth-order valence-corrected chi connectivity index (χ4v) is 1.77. The highest BCUT2D eigenvalue weighted by atomic mass is 16.5. The van der Waals surface area contributed by atoms with E-state index in [1.807, 2.05) is 0 Å². The zero-order valence-corrected chi connectivity index (χ0v) is 8.81. The molecule has 2 aromatic carbocycles. The van der Waals surface area contributed by atoms with Crippen molar-refractivity contribution in [3.05, 3.63) is 48.0 Å². The van der Waals surface area contributed by atoms with Crippen LogP contribution < -0.4 is 10.1 Å². The zero-order chi connectivity index (χ0) is 11.8. The van der Waals surface area contributed by atoms with Gasteiger partial charge in [-0.2, -0.15) is 0 Å². The van der Waals surface area contributed by atoms with E-state index in [2.05, 4.69) is 5.32 Å². The van der Waals surface area contributed by atoms with Gasteiger partial charge >= 0.3 is 0 Å². The fraction of sp³-hybridized carbons (Fsp3) is 0. The molecule has 0 radical (unpaired) electrons. The molecular formula is C13H9NO3. The van der Waals surface area contributed by atoms with Gasteiger partial charge in [-0.05, 0) is 24.3 Å². The molecule has 1 heterocycles. The lowest BCUT2D eigenvalue weighted by Crippen LogP contribution is -2.10. The van der Waals surface area contributed by atoms with Crippen molar-refractivity contribution in [3.8, 4) is 17.2 Å². The highest BCUT2D eigenvalue weighted by molar-refractivity contribution is 6.08. The van der Waals surface area contributed by atoms with E-state index in [-0.39, 0.29) is 11.7 Å². The minimum Gasteiger partial charge on any atom is -0.506 e. The van der Waals surface area contributed by atoms with Gasteiger partial charge in [-0.25, -0.2) is 0 Å². The molecule has 1 aliphatic rings. The average Bonchev–Trinajstić information content (AvgIpc) is 2.47. The Morgan fingerprint density at radius 1 is 1.00 bits per heavy atom. The zero-order valence-electron chi connectivity index (χ0n) is 8.81. The van der Waals surface area contributed by atoms with E-state index < -0.39 is 0 Å². The van der Waals surface area contributed by atoms with Crippen molar-refractivity contribution in [1.82, 2.24) is 0 Å². The van der Waals surface area contributed by atoms with Crippen LogP contribution in [0.25, 0.3) is 0 Å². The van der Waals surface area contributed by atoms with Gasteiger partial charge in [0, 0.05) is 0 Å². The quantitative estimate of drug-likeness (QED) is 0.680. The molecule has 0 bridgehead atoms. The minimum absolute atomic E-state index is 0.0105. The van der Waals surface area contributed by atoms with Gasteiger partial charge in [0.25, 0.3) is 5.91 Å². The number of aromatic hydroxyl groups is 1. The van der Waals surface area contributed by atoms with Crippen molar-refractivity contribution in [2.24, 2.45) is 0 Å². The van der Waals surface area contributed by atoms with Gasteiger partial charge < -0.3 is 15.2 Å². The molecule has 1 amide bonds. The molecule has 1 aliphatic heterocycles. The number of phenolic OH excluding ortho intramolecular Hbond substituents is 1. The number of rotatable bonds is 0. The number of carbonyl (C=O) groups is 1. The molecule has 0 aliphatic carbocycles. The van der Waals surface area contributed by atoms with Crippen LogP contribution in [0.5, 0.6) is 17.2 Å². The molecule has 0 unspecified atom stereocenters. The molecule has 3 rings (SSSR count). The number of fused-ring (bicyclic) bond motifs is 2. The lowest BCUT2D eigenvalue weighted by atomic mass is 10.2. The summed E-state index contributed by atoms with van der Waals surface area (Å²) in [5.74, 6) is 0.613. The Morgan fingerprint density at radius 2 is 1.76 bits per heavy atom. The Kier molecular flexibility index (Phi) is 2.01. The third kappa shape index (κ3) is 1.50. The van der Waals surface area contributed by atoms with Gasteiger partial charge in [-0.15, -0.1) is 0 Å². The fourth-order valence-electron chi connectivity index (χ4n) is 1.77. The summed E-state index contributed by atoms with van der Waals surface area (Å²) < 4.78 is 5.61. The summed E-state index contributed by atoms with van der Waals surface area (Å²) in [5, 5.41) is 12.3. The van der Waals surface area contributed by atoms with E-state index in [4.69, 9.17) is 4.74 Å². The molecule has 0 saturated carbocycles. The monoisotopic (exact) mass is 227 g/mol. The van der Waals surface area contributed by atoms with Crippen LogP contribution in [0.2, 0.25) is 0 Å². The number of phenols is 1. The van der Waals surface area contributed by atoms with Crippen molar-refractivity contribution in [2.75, 3.05) is 5.32 Å². The second-order valence-electron chi connectivity index (χ2n) is 3.70. The smallest absolute Gasteiger partial charge is 0.259 e. The van der Waals surface area contributed by atoms with Crippen LogP contribution in [0, 0.1) is 0 Å². The van der Waals surface area contributed by atoms with Crippen LogP contribution in [0.1, 0.15) is 10.4 Å². The largest absolute Gasteiger partial charge is 0.506 e. The maximum atomic E-state index is 11.9. The van der Waals surface area contributed by atoms with Crippen LogP contribution in [0.3, 0.4) is 0 Å². The summed E-state index contributed by atoms with van der Waals surface area (Å²) in [6.07, 6.45) is 0. The Bertz CT molecular complexity index is 607. The molecule has 0 fully saturated rings. The standard InChI is InChI=1S/C13H9NO3/c15-9-5-3-7-11-12(9)14-13(16)8-4-1-2-6-10(8)17-11/h1-7,15H,(H,14,16). The van der Waals surface area contributed by atoms with Crippen molar-refractivity contribution in [3.63, 3.8) is 0 Å². The molecule has 17 heavy (non-hydrogen) atoms. The second-order valence-corrected chi connectivity index (χ2v) is 3.70. The van der Waals surface area contributed by atoms with Gasteiger partial charge in [0.1, 0.15) is 17.2 Å². The minimum atomic E-state index is -0.291. The number of hydrogen-bond acceptors (Lipinski definition) is 3. The highest BCUT2D eigenvalue weighted by Gasteiger charge is 2.21. The number of ether oxygens (including phenoxy) is 1. The van der Waals surface area contributed by atoms with E-state index in [1.54, 1.807) is 36.4 Å². The molecule has 0 saturated heterocycles. The normalized spacial score (nSPS) is 12.8. The van der Waals surface area contributed by atoms with Crippen molar-refractivity contribution in [1.29, 1.82) is 0 Å². The van der Waals surface area contributed by atoms with Gasteiger partial charge in [-0.3, -0.25) is 4.79 Å². The van der Waals surface area contributed by atoms with Crippen LogP contribution in [-0.2, 0) is 0 Å². The predicted octanol–water partition coefficient (Wildman–Crippen LogP) is 2.75. The van der Waals surface area contributed by atoms with Crippen molar-refractivity contribution < 1.29 is 14.6 Å². The number of benzene rings is 2. The summed E-state index contributed by atoms with van der Waals surface area (Å²) in [4.78, 5) is 11.9. The molecule has 2 N–H and O–H groups in total. The topological polar surface area (TPSA) is 58.6 Å². The molecule has 0 spiro atoms. The predicted molar refractivity (Wildman–Crippen MR) is 62.6 cm³/mol. The summed E-state index contributed by atoms with van der Waals surface area (Å²) in [7, 11) is 0. The summed E-state index contributed by atoms with van der Waals surface area (Å²) in [5.41, 5.74) is 0.747. The molecule has 4 heteroatoms. The highest BCUT2D eigenvalue weighted by Crippen LogP contribution is 2.40. The molecule has 4 nitrogen and oxygen atoms in total. The van der Waals surface area contributed by atoms with Gasteiger partial charge in [0.05, 0.1) is 5.56 Å². The third-order valence-electron chi connectivity index (χ3n) is 2.59. The van der Waals surface area contributed by atoms with Crippen LogP contribution >= 0.6 is 0 Å². The van der Waals surface area contributed by atoms with Crippen molar-refractivity contribution >= 4 is 11.6 Å².